The molecule has 1 saturated heterocycles. The summed E-state index contributed by atoms with van der Waals surface area (Å²) in [4.78, 5) is 25.7. The SMILES string of the molecule is CCN1C(CC(=O)O)CC(C)C1C(=O)c1ccc(Cl)cc1. The van der Waals surface area contributed by atoms with Gasteiger partial charge in [0.05, 0.1) is 12.5 Å². The first-order valence-corrected chi connectivity index (χ1v) is 7.59. The fourth-order valence-electron chi connectivity index (χ4n) is 3.30. The van der Waals surface area contributed by atoms with Crippen LogP contribution in [-0.4, -0.2) is 40.4 Å². The van der Waals surface area contributed by atoms with Crippen molar-refractivity contribution in [3.8, 4) is 0 Å². The molecule has 5 heteroatoms. The molecular formula is C16H20ClNO3. The van der Waals surface area contributed by atoms with Crippen LogP contribution in [0, 0.1) is 5.92 Å². The van der Waals surface area contributed by atoms with Crippen molar-refractivity contribution in [1.29, 1.82) is 0 Å². The second-order valence-electron chi connectivity index (χ2n) is 5.61. The van der Waals surface area contributed by atoms with E-state index in [2.05, 4.69) is 0 Å². The first kappa shape index (κ1) is 16.0. The van der Waals surface area contributed by atoms with Crippen molar-refractivity contribution < 1.29 is 14.7 Å². The number of rotatable bonds is 5. The van der Waals surface area contributed by atoms with Crippen molar-refractivity contribution in [3.63, 3.8) is 0 Å². The van der Waals surface area contributed by atoms with Gasteiger partial charge >= 0.3 is 5.97 Å². The number of carbonyl (C=O) groups is 2. The Morgan fingerprint density at radius 2 is 1.95 bits per heavy atom. The second-order valence-corrected chi connectivity index (χ2v) is 6.05. The number of carbonyl (C=O) groups excluding carboxylic acids is 1. The zero-order valence-corrected chi connectivity index (χ0v) is 13.0. The average Bonchev–Trinajstić information content (AvgIpc) is 2.73. The molecular weight excluding hydrogens is 290 g/mol. The van der Waals surface area contributed by atoms with E-state index < -0.39 is 5.97 Å². The van der Waals surface area contributed by atoms with E-state index in [0.717, 1.165) is 6.42 Å². The number of carboxylic acids is 1. The summed E-state index contributed by atoms with van der Waals surface area (Å²) in [6, 6.07) is 6.56. The molecule has 4 nitrogen and oxygen atoms in total. The predicted octanol–water partition coefficient (Wildman–Crippen LogP) is 3.10. The standard InChI is InChI=1S/C16H20ClNO3/c1-3-18-13(9-14(19)20)8-10(2)15(18)16(21)11-4-6-12(17)7-5-11/h4-7,10,13,15H,3,8-9H2,1-2H3,(H,19,20). The lowest BCUT2D eigenvalue weighted by Gasteiger charge is -2.28. The maximum absolute atomic E-state index is 12.7. The van der Waals surface area contributed by atoms with E-state index in [4.69, 9.17) is 16.7 Å². The molecule has 1 fully saturated rings. The quantitative estimate of drug-likeness (QED) is 0.849. The lowest BCUT2D eigenvalue weighted by Crippen LogP contribution is -2.43. The molecule has 0 amide bonds. The van der Waals surface area contributed by atoms with Crippen LogP contribution in [0.1, 0.15) is 37.0 Å². The van der Waals surface area contributed by atoms with Gasteiger partial charge in [-0.15, -0.1) is 0 Å². The van der Waals surface area contributed by atoms with E-state index in [1.54, 1.807) is 24.3 Å². The van der Waals surface area contributed by atoms with Crippen molar-refractivity contribution in [3.05, 3.63) is 34.9 Å². The molecule has 0 radical (unpaired) electrons. The number of likely N-dealkylation sites (N-methyl/N-ethyl adjacent to an activating group) is 1. The molecule has 21 heavy (non-hydrogen) atoms. The molecule has 1 aliphatic heterocycles. The summed E-state index contributed by atoms with van der Waals surface area (Å²) in [6.45, 7) is 4.66. The first-order valence-electron chi connectivity index (χ1n) is 7.21. The van der Waals surface area contributed by atoms with E-state index in [1.165, 1.54) is 0 Å². The van der Waals surface area contributed by atoms with E-state index in [0.29, 0.717) is 17.1 Å². The number of carboxylic acid groups (broad SMARTS) is 1. The zero-order chi connectivity index (χ0) is 15.6. The second kappa shape index (κ2) is 6.58. The van der Waals surface area contributed by atoms with E-state index in [1.807, 2.05) is 18.7 Å². The molecule has 0 saturated carbocycles. The number of hydrogen-bond acceptors (Lipinski definition) is 3. The number of ketones is 1. The molecule has 1 N–H and O–H groups in total. The highest BCUT2D eigenvalue weighted by atomic mass is 35.5. The van der Waals surface area contributed by atoms with Crippen LogP contribution < -0.4 is 0 Å². The Bertz CT molecular complexity index is 529. The van der Waals surface area contributed by atoms with Crippen LogP contribution in [0.25, 0.3) is 0 Å². The lowest BCUT2D eigenvalue weighted by molar-refractivity contribution is -0.138. The minimum absolute atomic E-state index is 0.0499. The van der Waals surface area contributed by atoms with Crippen LogP contribution in [0.4, 0.5) is 0 Å². The fraction of sp³-hybridized carbons (Fsp3) is 0.500. The van der Waals surface area contributed by atoms with Crippen LogP contribution in [0.15, 0.2) is 24.3 Å². The third-order valence-corrected chi connectivity index (χ3v) is 4.43. The van der Waals surface area contributed by atoms with Crippen LogP contribution in [0.5, 0.6) is 0 Å². The van der Waals surface area contributed by atoms with E-state index in [-0.39, 0.29) is 30.2 Å². The summed E-state index contributed by atoms with van der Waals surface area (Å²) >= 11 is 5.85. The molecule has 1 aromatic rings. The molecule has 1 aliphatic rings. The molecule has 0 spiro atoms. The minimum Gasteiger partial charge on any atom is -0.481 e. The Morgan fingerprint density at radius 1 is 1.33 bits per heavy atom. The summed E-state index contributed by atoms with van der Waals surface area (Å²) in [5.41, 5.74) is 0.630. The number of likely N-dealkylation sites (tertiary alicyclic amines) is 1. The van der Waals surface area contributed by atoms with Crippen molar-refractivity contribution in [2.45, 2.75) is 38.8 Å². The summed E-state index contributed by atoms with van der Waals surface area (Å²) in [5, 5.41) is 9.62. The molecule has 0 aromatic heterocycles. The Morgan fingerprint density at radius 3 is 2.48 bits per heavy atom. The Hall–Kier alpha value is -1.39. The van der Waals surface area contributed by atoms with Gasteiger partial charge in [-0.25, -0.2) is 0 Å². The summed E-state index contributed by atoms with van der Waals surface area (Å²) < 4.78 is 0. The van der Waals surface area contributed by atoms with Gasteiger partial charge in [-0.05, 0) is 43.1 Å². The van der Waals surface area contributed by atoms with Gasteiger partial charge in [0.1, 0.15) is 0 Å². The lowest BCUT2D eigenvalue weighted by atomic mass is 9.94. The molecule has 0 bridgehead atoms. The van der Waals surface area contributed by atoms with Crippen molar-refractivity contribution >= 4 is 23.4 Å². The van der Waals surface area contributed by atoms with Crippen LogP contribution in [0.3, 0.4) is 0 Å². The Kier molecular flexibility index (Phi) is 5.01. The summed E-state index contributed by atoms with van der Waals surface area (Å²) in [5.74, 6) is -0.614. The van der Waals surface area contributed by atoms with Crippen LogP contribution >= 0.6 is 11.6 Å². The van der Waals surface area contributed by atoms with Crippen LogP contribution in [-0.2, 0) is 4.79 Å². The first-order chi connectivity index (χ1) is 9.93. The number of nitrogens with zero attached hydrogens (tertiary/aromatic N) is 1. The topological polar surface area (TPSA) is 57.6 Å². The smallest absolute Gasteiger partial charge is 0.304 e. The molecule has 3 atom stereocenters. The summed E-state index contributed by atoms with van der Waals surface area (Å²) in [6.07, 6.45) is 0.826. The largest absolute Gasteiger partial charge is 0.481 e. The number of hydrogen-bond donors (Lipinski definition) is 1. The van der Waals surface area contributed by atoms with Gasteiger partial charge < -0.3 is 5.11 Å². The predicted molar refractivity (Wildman–Crippen MR) is 81.8 cm³/mol. The molecule has 2 rings (SSSR count). The van der Waals surface area contributed by atoms with Gasteiger partial charge in [-0.1, -0.05) is 25.4 Å². The van der Waals surface area contributed by atoms with E-state index >= 15 is 0 Å². The third-order valence-electron chi connectivity index (χ3n) is 4.18. The van der Waals surface area contributed by atoms with Gasteiger partial charge in [-0.2, -0.15) is 0 Å². The maximum Gasteiger partial charge on any atom is 0.304 e. The highest BCUT2D eigenvalue weighted by Crippen LogP contribution is 2.33. The van der Waals surface area contributed by atoms with Crippen molar-refractivity contribution in [2.75, 3.05) is 6.54 Å². The molecule has 0 aliphatic carbocycles. The molecule has 114 valence electrons. The fourth-order valence-corrected chi connectivity index (χ4v) is 3.42. The van der Waals surface area contributed by atoms with Gasteiger partial charge in [0.2, 0.25) is 0 Å². The van der Waals surface area contributed by atoms with Gasteiger partial charge in [-0.3, -0.25) is 14.5 Å². The highest BCUT2D eigenvalue weighted by Gasteiger charge is 2.42. The number of benzene rings is 1. The van der Waals surface area contributed by atoms with Gasteiger partial charge in [0.15, 0.2) is 5.78 Å². The monoisotopic (exact) mass is 309 g/mol. The number of halogens is 1. The highest BCUT2D eigenvalue weighted by molar-refractivity contribution is 6.30. The normalized spacial score (nSPS) is 26.0. The zero-order valence-electron chi connectivity index (χ0n) is 12.3. The molecule has 1 heterocycles. The van der Waals surface area contributed by atoms with Gasteiger partial charge in [0.25, 0.3) is 0 Å². The Balaban J connectivity index is 2.22. The van der Waals surface area contributed by atoms with Gasteiger partial charge in [0, 0.05) is 16.6 Å². The van der Waals surface area contributed by atoms with Crippen molar-refractivity contribution in [2.24, 2.45) is 5.92 Å². The third kappa shape index (κ3) is 3.44. The minimum atomic E-state index is -0.815. The number of Topliss-reactive ketones (excluding diaryl/α,β-unsaturated/α-hetero) is 1. The molecule has 1 aromatic carbocycles. The maximum atomic E-state index is 12.7. The van der Waals surface area contributed by atoms with E-state index in [9.17, 15) is 9.59 Å². The summed E-state index contributed by atoms with van der Waals surface area (Å²) in [7, 11) is 0. The van der Waals surface area contributed by atoms with Crippen LogP contribution in [0.2, 0.25) is 5.02 Å². The number of aliphatic carboxylic acids is 1. The molecule has 3 unspecified atom stereocenters. The van der Waals surface area contributed by atoms with Crippen molar-refractivity contribution in [1.82, 2.24) is 4.90 Å². The average molecular weight is 310 g/mol. The Labute approximate surface area is 129 Å².